The molecule has 0 heterocycles. The molecule has 0 radical (unpaired) electrons. The van der Waals surface area contributed by atoms with E-state index in [-0.39, 0.29) is 18.7 Å². The zero-order valence-corrected chi connectivity index (χ0v) is 15.0. The molecule has 2 aromatic rings. The molecule has 0 aliphatic heterocycles. The molecule has 0 spiro atoms. The molecule has 0 aromatic heterocycles. The lowest BCUT2D eigenvalue weighted by atomic mass is 10.2. The van der Waals surface area contributed by atoms with E-state index >= 15 is 0 Å². The first-order valence-electron chi connectivity index (χ1n) is 7.60. The van der Waals surface area contributed by atoms with E-state index in [0.29, 0.717) is 16.3 Å². The minimum Gasteiger partial charge on any atom is -0.465 e. The standard InChI is InChI=1S/C10H11NO4.C8H9NO3.CH4/c1-7(12)11(14)9-5-3-4-8(6-9)10(13)15-2;1-12-8(10)6-3-2-4-7(5-6)9-11;/h3-6,14H,1-2H3;2-5,9,11H,1H3;1H4. The van der Waals surface area contributed by atoms with Gasteiger partial charge in [-0.2, -0.15) is 5.06 Å². The van der Waals surface area contributed by atoms with Gasteiger partial charge in [0.15, 0.2) is 0 Å². The Kier molecular flexibility index (Phi) is 10.6. The van der Waals surface area contributed by atoms with Crippen molar-refractivity contribution in [2.24, 2.45) is 0 Å². The maximum absolute atomic E-state index is 11.2. The number of esters is 2. The number of carbonyl (C=O) groups is 3. The molecule has 9 heteroatoms. The van der Waals surface area contributed by atoms with Gasteiger partial charge in [-0.3, -0.25) is 20.7 Å². The molecule has 0 fully saturated rings. The third kappa shape index (κ3) is 7.06. The number of amides is 1. The number of hydrogen-bond acceptors (Lipinski definition) is 8. The van der Waals surface area contributed by atoms with Crippen molar-refractivity contribution in [2.45, 2.75) is 14.4 Å². The summed E-state index contributed by atoms with van der Waals surface area (Å²) in [6.45, 7) is 1.21. The molecule has 0 unspecified atom stereocenters. The number of benzene rings is 2. The molecule has 1 amide bonds. The van der Waals surface area contributed by atoms with Crippen LogP contribution in [0, 0.1) is 0 Å². The quantitative estimate of drug-likeness (QED) is 0.412. The van der Waals surface area contributed by atoms with Crippen LogP contribution in [0.15, 0.2) is 48.5 Å². The van der Waals surface area contributed by atoms with Crippen LogP contribution >= 0.6 is 0 Å². The second-order valence-electron chi connectivity index (χ2n) is 5.06. The van der Waals surface area contributed by atoms with Crippen LogP contribution in [0.5, 0.6) is 0 Å². The van der Waals surface area contributed by atoms with Crippen molar-refractivity contribution in [3.63, 3.8) is 0 Å². The van der Waals surface area contributed by atoms with Gasteiger partial charge in [0, 0.05) is 6.92 Å². The number of methoxy groups -OCH3 is 2. The number of hydroxylamine groups is 1. The Morgan fingerprint density at radius 1 is 0.929 bits per heavy atom. The highest BCUT2D eigenvalue weighted by Crippen LogP contribution is 2.15. The van der Waals surface area contributed by atoms with Gasteiger partial charge in [0.2, 0.25) is 5.91 Å². The van der Waals surface area contributed by atoms with Crippen molar-refractivity contribution in [1.29, 1.82) is 0 Å². The lowest BCUT2D eigenvalue weighted by molar-refractivity contribution is -0.121. The fourth-order valence-corrected chi connectivity index (χ4v) is 1.90. The van der Waals surface area contributed by atoms with Crippen LogP contribution in [0.25, 0.3) is 0 Å². The average molecular weight is 392 g/mol. The van der Waals surface area contributed by atoms with Crippen LogP contribution in [0.1, 0.15) is 35.1 Å². The molecule has 0 aliphatic carbocycles. The van der Waals surface area contributed by atoms with E-state index < -0.39 is 17.8 Å². The highest BCUT2D eigenvalue weighted by molar-refractivity contribution is 5.93. The summed E-state index contributed by atoms with van der Waals surface area (Å²) < 4.78 is 8.99. The van der Waals surface area contributed by atoms with Crippen LogP contribution in [-0.4, -0.2) is 42.5 Å². The normalized spacial score (nSPS) is 9.04. The van der Waals surface area contributed by atoms with Gasteiger partial charge in [-0.1, -0.05) is 19.6 Å². The third-order valence-electron chi connectivity index (χ3n) is 3.22. The number of ether oxygens (including phenoxy) is 2. The molecule has 152 valence electrons. The largest absolute Gasteiger partial charge is 0.465 e. The first-order chi connectivity index (χ1) is 12.8. The van der Waals surface area contributed by atoms with E-state index in [1.807, 2.05) is 5.48 Å². The van der Waals surface area contributed by atoms with E-state index in [1.165, 1.54) is 45.4 Å². The van der Waals surface area contributed by atoms with Crippen molar-refractivity contribution in [1.82, 2.24) is 0 Å². The van der Waals surface area contributed by atoms with Crippen molar-refractivity contribution < 1.29 is 34.3 Å². The molecule has 0 aliphatic rings. The predicted molar refractivity (Wildman–Crippen MR) is 103 cm³/mol. The molecule has 0 saturated carbocycles. The number of nitrogens with one attached hydrogen (secondary N) is 1. The van der Waals surface area contributed by atoms with Crippen molar-refractivity contribution in [2.75, 3.05) is 24.8 Å². The predicted octanol–water partition coefficient (Wildman–Crippen LogP) is 3.13. The smallest absolute Gasteiger partial charge is 0.337 e. The maximum atomic E-state index is 11.2. The minimum absolute atomic E-state index is 0. The second-order valence-corrected chi connectivity index (χ2v) is 5.06. The zero-order chi connectivity index (χ0) is 20.4. The summed E-state index contributed by atoms with van der Waals surface area (Å²) in [6, 6.07) is 12.3. The van der Waals surface area contributed by atoms with Crippen LogP contribution in [-0.2, 0) is 14.3 Å². The maximum Gasteiger partial charge on any atom is 0.337 e. The molecule has 9 nitrogen and oxygen atoms in total. The summed E-state index contributed by atoms with van der Waals surface area (Å²) in [6.07, 6.45) is 0. The Morgan fingerprint density at radius 2 is 1.43 bits per heavy atom. The number of hydrogen-bond donors (Lipinski definition) is 3. The first kappa shape index (κ1) is 24.6. The molecular formula is C19H24N2O7. The summed E-state index contributed by atoms with van der Waals surface area (Å²) in [5, 5.41) is 18.3. The molecule has 0 saturated heterocycles. The number of nitrogens with zero attached hydrogens (tertiary/aromatic N) is 1. The van der Waals surface area contributed by atoms with Crippen molar-refractivity contribution >= 4 is 29.2 Å². The Labute approximate surface area is 163 Å². The second kappa shape index (κ2) is 12.0. The van der Waals surface area contributed by atoms with E-state index in [4.69, 9.17) is 5.21 Å². The summed E-state index contributed by atoms with van der Waals surface area (Å²) >= 11 is 0. The van der Waals surface area contributed by atoms with Crippen LogP contribution in [0.4, 0.5) is 11.4 Å². The Bertz CT molecular complexity index is 808. The van der Waals surface area contributed by atoms with Crippen LogP contribution < -0.4 is 10.5 Å². The van der Waals surface area contributed by atoms with Gasteiger partial charge >= 0.3 is 11.9 Å². The van der Waals surface area contributed by atoms with Gasteiger partial charge in [-0.05, 0) is 36.4 Å². The van der Waals surface area contributed by atoms with Gasteiger partial charge in [-0.25, -0.2) is 9.59 Å². The Morgan fingerprint density at radius 3 is 1.89 bits per heavy atom. The van der Waals surface area contributed by atoms with Crippen LogP contribution in [0.2, 0.25) is 0 Å². The monoisotopic (exact) mass is 392 g/mol. The highest BCUT2D eigenvalue weighted by atomic mass is 16.5. The molecule has 2 rings (SSSR count). The fourth-order valence-electron chi connectivity index (χ4n) is 1.90. The average Bonchev–Trinajstić information content (AvgIpc) is 2.72. The van der Waals surface area contributed by atoms with E-state index in [2.05, 4.69) is 9.47 Å². The van der Waals surface area contributed by atoms with E-state index in [0.717, 1.165) is 0 Å². The summed E-state index contributed by atoms with van der Waals surface area (Å²) in [5.74, 6) is -1.47. The zero-order valence-electron chi connectivity index (χ0n) is 15.0. The highest BCUT2D eigenvalue weighted by Gasteiger charge is 2.11. The molecular weight excluding hydrogens is 368 g/mol. The van der Waals surface area contributed by atoms with E-state index in [1.54, 1.807) is 24.3 Å². The summed E-state index contributed by atoms with van der Waals surface area (Å²) in [4.78, 5) is 33.0. The van der Waals surface area contributed by atoms with Gasteiger partial charge in [0.05, 0.1) is 36.7 Å². The number of anilines is 2. The first-order valence-corrected chi connectivity index (χ1v) is 7.60. The molecule has 3 N–H and O–H groups in total. The van der Waals surface area contributed by atoms with Gasteiger partial charge < -0.3 is 9.47 Å². The lowest BCUT2D eigenvalue weighted by Crippen LogP contribution is -2.23. The number of rotatable bonds is 4. The van der Waals surface area contributed by atoms with Gasteiger partial charge in [0.25, 0.3) is 0 Å². The fraction of sp³-hybridized carbons (Fsp3) is 0.211. The minimum atomic E-state index is -0.531. The number of carbonyl (C=O) groups excluding carboxylic acids is 3. The summed E-state index contributed by atoms with van der Waals surface area (Å²) in [5.41, 5.74) is 3.30. The van der Waals surface area contributed by atoms with Crippen molar-refractivity contribution in [3.05, 3.63) is 59.7 Å². The van der Waals surface area contributed by atoms with E-state index in [9.17, 15) is 19.6 Å². The SMILES string of the molecule is C.COC(=O)c1cccc(N(O)C(C)=O)c1.COC(=O)c1cccc(NO)c1. The van der Waals surface area contributed by atoms with Crippen molar-refractivity contribution in [3.8, 4) is 0 Å². The molecule has 28 heavy (non-hydrogen) atoms. The molecule has 0 atom stereocenters. The molecule has 0 bridgehead atoms. The van der Waals surface area contributed by atoms with Gasteiger partial charge in [-0.15, -0.1) is 0 Å². The Hall–Kier alpha value is -3.43. The Balaban J connectivity index is 0.000000514. The van der Waals surface area contributed by atoms with Crippen LogP contribution in [0.3, 0.4) is 0 Å². The molecule has 2 aromatic carbocycles. The lowest BCUT2D eigenvalue weighted by Gasteiger charge is -2.12. The third-order valence-corrected chi connectivity index (χ3v) is 3.22. The van der Waals surface area contributed by atoms with Gasteiger partial charge in [0.1, 0.15) is 0 Å². The topological polar surface area (TPSA) is 125 Å². The summed E-state index contributed by atoms with van der Waals surface area (Å²) in [7, 11) is 2.57.